The highest BCUT2D eigenvalue weighted by atomic mass is 16.7. The molecule has 0 aliphatic carbocycles. The Morgan fingerprint density at radius 3 is 2.26 bits per heavy atom. The molecule has 2 saturated heterocycles. The van der Waals surface area contributed by atoms with Crippen LogP contribution in [0.3, 0.4) is 0 Å². The number of imide groups is 1. The van der Waals surface area contributed by atoms with E-state index in [1.807, 2.05) is 79.7 Å². The number of hydrogen-bond acceptors (Lipinski definition) is 6. The van der Waals surface area contributed by atoms with Crippen molar-refractivity contribution in [3.63, 3.8) is 0 Å². The molecule has 38 heavy (non-hydrogen) atoms. The van der Waals surface area contributed by atoms with Gasteiger partial charge in [-0.15, -0.1) is 0 Å². The van der Waals surface area contributed by atoms with Gasteiger partial charge >= 0.3 is 0 Å². The van der Waals surface area contributed by atoms with Crippen molar-refractivity contribution in [1.82, 2.24) is 0 Å². The molecular formula is C31H34N2O5. The van der Waals surface area contributed by atoms with Gasteiger partial charge < -0.3 is 9.47 Å². The number of hydroxylamine groups is 1. The first kappa shape index (κ1) is 25.8. The zero-order valence-electron chi connectivity index (χ0n) is 22.1. The Morgan fingerprint density at radius 2 is 1.58 bits per heavy atom. The van der Waals surface area contributed by atoms with E-state index >= 15 is 0 Å². The third kappa shape index (κ3) is 4.74. The van der Waals surface area contributed by atoms with Crippen molar-refractivity contribution in [3.05, 3.63) is 83.9 Å². The number of carbonyl (C=O) groups is 2. The number of fused-ring (bicyclic) bond motifs is 1. The Hall–Kier alpha value is -3.84. The van der Waals surface area contributed by atoms with Crippen molar-refractivity contribution in [2.45, 2.75) is 52.2 Å². The zero-order valence-corrected chi connectivity index (χ0v) is 22.1. The number of carbonyl (C=O) groups excluding carboxylic acids is 2. The second kappa shape index (κ2) is 11.3. The Labute approximate surface area is 223 Å². The summed E-state index contributed by atoms with van der Waals surface area (Å²) < 4.78 is 11.9. The number of nitrogens with zero attached hydrogens (tertiary/aromatic N) is 2. The molecule has 0 saturated carbocycles. The van der Waals surface area contributed by atoms with Crippen LogP contribution in [0.25, 0.3) is 0 Å². The van der Waals surface area contributed by atoms with Gasteiger partial charge in [-0.3, -0.25) is 14.4 Å². The van der Waals surface area contributed by atoms with Gasteiger partial charge in [0.25, 0.3) is 5.91 Å². The minimum Gasteiger partial charge on any atom is -0.490 e. The molecule has 0 radical (unpaired) electrons. The van der Waals surface area contributed by atoms with E-state index in [4.69, 9.17) is 14.3 Å². The SMILES string of the molecule is CCCCOc1ccc(C2C3C(=O)N(c4ccc(CC)cc4)C(=O)C3ON2c2ccccc2)cc1OCC. The van der Waals surface area contributed by atoms with Crippen molar-refractivity contribution in [2.75, 3.05) is 23.2 Å². The second-order valence-corrected chi connectivity index (χ2v) is 9.53. The van der Waals surface area contributed by atoms with Crippen molar-refractivity contribution in [3.8, 4) is 11.5 Å². The van der Waals surface area contributed by atoms with Gasteiger partial charge in [0.15, 0.2) is 17.6 Å². The van der Waals surface area contributed by atoms with Crippen LogP contribution < -0.4 is 19.4 Å². The van der Waals surface area contributed by atoms with E-state index in [2.05, 4.69) is 13.8 Å². The van der Waals surface area contributed by atoms with Crippen LogP contribution in [0.1, 0.15) is 50.8 Å². The quantitative estimate of drug-likeness (QED) is 0.249. The number of amides is 2. The van der Waals surface area contributed by atoms with E-state index in [0.29, 0.717) is 30.4 Å². The fraction of sp³-hybridized carbons (Fsp3) is 0.355. The summed E-state index contributed by atoms with van der Waals surface area (Å²) in [5.41, 5.74) is 3.29. The van der Waals surface area contributed by atoms with Crippen molar-refractivity contribution < 1.29 is 23.9 Å². The average Bonchev–Trinajstić information content (AvgIpc) is 3.46. The lowest BCUT2D eigenvalue weighted by Gasteiger charge is -2.29. The number of para-hydroxylation sites is 1. The topological polar surface area (TPSA) is 68.3 Å². The molecule has 0 spiro atoms. The summed E-state index contributed by atoms with van der Waals surface area (Å²) >= 11 is 0. The third-order valence-corrected chi connectivity index (χ3v) is 7.09. The smallest absolute Gasteiger partial charge is 0.266 e. The number of anilines is 2. The van der Waals surface area contributed by atoms with Gasteiger partial charge in [-0.05, 0) is 67.3 Å². The molecule has 2 aliphatic rings. The number of hydrogen-bond donors (Lipinski definition) is 0. The zero-order chi connectivity index (χ0) is 26.6. The molecule has 2 heterocycles. The highest BCUT2D eigenvalue weighted by Crippen LogP contribution is 2.48. The molecule has 2 aliphatic heterocycles. The summed E-state index contributed by atoms with van der Waals surface area (Å²) in [6.45, 7) is 7.18. The number of rotatable bonds is 10. The lowest BCUT2D eigenvalue weighted by Crippen LogP contribution is -2.37. The Morgan fingerprint density at radius 1 is 0.816 bits per heavy atom. The van der Waals surface area contributed by atoms with Gasteiger partial charge in [0, 0.05) is 0 Å². The van der Waals surface area contributed by atoms with E-state index in [1.54, 1.807) is 5.06 Å². The molecule has 5 rings (SSSR count). The molecule has 198 valence electrons. The molecule has 0 aromatic heterocycles. The summed E-state index contributed by atoms with van der Waals surface area (Å²) in [6.07, 6.45) is 1.94. The molecule has 3 atom stereocenters. The van der Waals surface area contributed by atoms with E-state index < -0.39 is 18.1 Å². The fourth-order valence-electron chi connectivity index (χ4n) is 5.11. The summed E-state index contributed by atoms with van der Waals surface area (Å²) in [6, 6.07) is 22.3. The number of unbranched alkanes of at least 4 members (excludes halogenated alkanes) is 1. The van der Waals surface area contributed by atoms with Crippen LogP contribution in [0.4, 0.5) is 11.4 Å². The van der Waals surface area contributed by atoms with Crippen molar-refractivity contribution in [2.24, 2.45) is 5.92 Å². The molecule has 7 nitrogen and oxygen atoms in total. The Kier molecular flexibility index (Phi) is 7.65. The van der Waals surface area contributed by atoms with E-state index in [1.165, 1.54) is 4.90 Å². The highest BCUT2D eigenvalue weighted by Gasteiger charge is 2.60. The third-order valence-electron chi connectivity index (χ3n) is 7.09. The lowest BCUT2D eigenvalue weighted by molar-refractivity contribution is -0.126. The number of benzene rings is 3. The predicted molar refractivity (Wildman–Crippen MR) is 146 cm³/mol. The maximum atomic E-state index is 13.9. The van der Waals surface area contributed by atoms with E-state index in [0.717, 1.165) is 36.1 Å². The first-order chi connectivity index (χ1) is 18.6. The monoisotopic (exact) mass is 514 g/mol. The summed E-state index contributed by atoms with van der Waals surface area (Å²) in [5.74, 6) is -0.0559. The molecular weight excluding hydrogens is 480 g/mol. The first-order valence-electron chi connectivity index (χ1n) is 13.4. The van der Waals surface area contributed by atoms with Crippen LogP contribution in [0.15, 0.2) is 72.8 Å². The maximum Gasteiger partial charge on any atom is 0.266 e. The molecule has 3 aromatic carbocycles. The molecule has 7 heteroatoms. The first-order valence-corrected chi connectivity index (χ1v) is 13.4. The van der Waals surface area contributed by atoms with Gasteiger partial charge in [0.1, 0.15) is 5.92 Å². The standard InChI is InChI=1S/C31H34N2O5/c1-4-7-19-37-25-18-15-22(20-26(25)36-6-3)28-27-29(38-33(28)24-11-9-8-10-12-24)31(35)32(30(27)34)23-16-13-21(5-2)14-17-23/h8-18,20,27-29H,4-7,19H2,1-3H3. The Bertz CT molecular complexity index is 1280. The van der Waals surface area contributed by atoms with Crippen molar-refractivity contribution >= 4 is 23.2 Å². The van der Waals surface area contributed by atoms with E-state index in [9.17, 15) is 9.59 Å². The van der Waals surface area contributed by atoms with Gasteiger partial charge in [0.2, 0.25) is 5.91 Å². The molecule has 0 bridgehead atoms. The minimum absolute atomic E-state index is 0.270. The predicted octanol–water partition coefficient (Wildman–Crippen LogP) is 5.88. The Balaban J connectivity index is 1.54. The number of ether oxygens (including phenoxy) is 2. The van der Waals surface area contributed by atoms with Gasteiger partial charge in [0.05, 0.1) is 30.6 Å². The summed E-state index contributed by atoms with van der Waals surface area (Å²) in [4.78, 5) is 35.0. The van der Waals surface area contributed by atoms with Crippen LogP contribution in [0.2, 0.25) is 0 Å². The molecule has 0 N–H and O–H groups in total. The summed E-state index contributed by atoms with van der Waals surface area (Å²) in [5, 5.41) is 1.70. The molecule has 2 fully saturated rings. The maximum absolute atomic E-state index is 13.9. The van der Waals surface area contributed by atoms with Gasteiger partial charge in [-0.2, -0.15) is 0 Å². The number of aryl methyl sites for hydroxylation is 1. The van der Waals surface area contributed by atoms with Crippen LogP contribution in [0, 0.1) is 5.92 Å². The molecule has 3 aromatic rings. The van der Waals surface area contributed by atoms with Crippen LogP contribution in [-0.2, 0) is 20.8 Å². The largest absolute Gasteiger partial charge is 0.490 e. The van der Waals surface area contributed by atoms with Crippen LogP contribution in [0.5, 0.6) is 11.5 Å². The molecule has 2 amide bonds. The molecule has 3 unspecified atom stereocenters. The lowest BCUT2D eigenvalue weighted by atomic mass is 9.90. The summed E-state index contributed by atoms with van der Waals surface area (Å²) in [7, 11) is 0. The van der Waals surface area contributed by atoms with Gasteiger partial charge in [-0.25, -0.2) is 9.96 Å². The van der Waals surface area contributed by atoms with Crippen LogP contribution >= 0.6 is 0 Å². The van der Waals surface area contributed by atoms with Crippen LogP contribution in [-0.4, -0.2) is 31.1 Å². The van der Waals surface area contributed by atoms with Gasteiger partial charge in [-0.1, -0.05) is 56.7 Å². The second-order valence-electron chi connectivity index (χ2n) is 9.53. The average molecular weight is 515 g/mol. The van der Waals surface area contributed by atoms with Crippen molar-refractivity contribution in [1.29, 1.82) is 0 Å². The normalized spacial score (nSPS) is 20.7. The highest BCUT2D eigenvalue weighted by molar-refractivity contribution is 6.23. The minimum atomic E-state index is -0.922. The fourth-order valence-corrected chi connectivity index (χ4v) is 5.11. The van der Waals surface area contributed by atoms with E-state index in [-0.39, 0.29) is 11.8 Å².